The van der Waals surface area contributed by atoms with Gasteiger partial charge in [-0.3, -0.25) is 4.79 Å². The van der Waals surface area contributed by atoms with Crippen LogP contribution in [-0.2, 0) is 13.1 Å². The van der Waals surface area contributed by atoms with E-state index >= 15 is 0 Å². The predicted octanol–water partition coefficient (Wildman–Crippen LogP) is 4.78. The highest BCUT2D eigenvalue weighted by Gasteiger charge is 2.08. The van der Waals surface area contributed by atoms with E-state index in [9.17, 15) is 4.79 Å². The van der Waals surface area contributed by atoms with Gasteiger partial charge in [0.15, 0.2) is 11.7 Å². The number of carbonyl (C=O) groups excluding carboxylic acids is 1. The second-order valence-electron chi connectivity index (χ2n) is 6.19. The second-order valence-corrected chi connectivity index (χ2v) is 7.56. The van der Waals surface area contributed by atoms with Crippen LogP contribution in [0.1, 0.15) is 32.8 Å². The number of halogens is 1. The SMILES string of the molecule is CCNC(=NCc1ccc(NC(=O)c2ccco2)cc1)NCc1ccc(C)s1.I. The first-order valence-corrected chi connectivity index (χ1v) is 9.97. The van der Waals surface area contributed by atoms with Crippen molar-refractivity contribution in [2.45, 2.75) is 26.9 Å². The molecule has 0 bridgehead atoms. The molecule has 29 heavy (non-hydrogen) atoms. The van der Waals surface area contributed by atoms with Crippen LogP contribution in [-0.4, -0.2) is 18.4 Å². The maximum atomic E-state index is 12.0. The Morgan fingerprint density at radius 2 is 1.90 bits per heavy atom. The highest BCUT2D eigenvalue weighted by atomic mass is 127. The third kappa shape index (κ3) is 7.21. The molecule has 0 aliphatic heterocycles. The average Bonchev–Trinajstić information content (AvgIpc) is 3.37. The van der Waals surface area contributed by atoms with E-state index in [0.717, 1.165) is 24.6 Å². The molecule has 0 spiro atoms. The van der Waals surface area contributed by atoms with Gasteiger partial charge in [0.2, 0.25) is 0 Å². The van der Waals surface area contributed by atoms with Crippen LogP contribution in [0.15, 0.2) is 64.2 Å². The molecule has 154 valence electrons. The molecule has 0 saturated carbocycles. The van der Waals surface area contributed by atoms with Crippen molar-refractivity contribution in [1.82, 2.24) is 10.6 Å². The largest absolute Gasteiger partial charge is 0.459 e. The number of nitrogens with one attached hydrogen (secondary N) is 3. The van der Waals surface area contributed by atoms with Crippen LogP contribution in [0.25, 0.3) is 0 Å². The third-order valence-electron chi connectivity index (χ3n) is 3.95. The van der Waals surface area contributed by atoms with Crippen LogP contribution in [0.3, 0.4) is 0 Å². The van der Waals surface area contributed by atoms with Crippen LogP contribution in [0.2, 0.25) is 0 Å². The molecule has 0 unspecified atom stereocenters. The van der Waals surface area contributed by atoms with E-state index in [1.165, 1.54) is 16.0 Å². The lowest BCUT2D eigenvalue weighted by Crippen LogP contribution is -2.36. The normalized spacial score (nSPS) is 10.9. The van der Waals surface area contributed by atoms with Gasteiger partial charge in [0, 0.05) is 22.0 Å². The molecule has 1 amide bonds. The minimum atomic E-state index is -0.266. The number of aliphatic imine (C=N–C) groups is 1. The van der Waals surface area contributed by atoms with Crippen molar-refractivity contribution >= 4 is 52.9 Å². The molecule has 2 heterocycles. The van der Waals surface area contributed by atoms with Gasteiger partial charge in [-0.1, -0.05) is 12.1 Å². The van der Waals surface area contributed by atoms with E-state index < -0.39 is 0 Å². The highest BCUT2D eigenvalue weighted by molar-refractivity contribution is 14.0. The lowest BCUT2D eigenvalue weighted by molar-refractivity contribution is 0.0996. The Labute approximate surface area is 191 Å². The number of nitrogens with zero attached hydrogens (tertiary/aromatic N) is 1. The zero-order valence-corrected chi connectivity index (χ0v) is 19.5. The molecule has 3 N–H and O–H groups in total. The molecule has 1 aromatic carbocycles. The Hall–Kier alpha value is -2.33. The van der Waals surface area contributed by atoms with E-state index in [0.29, 0.717) is 12.2 Å². The number of benzene rings is 1. The first-order valence-electron chi connectivity index (χ1n) is 9.15. The molecule has 0 radical (unpaired) electrons. The van der Waals surface area contributed by atoms with Gasteiger partial charge in [-0.05, 0) is 55.8 Å². The van der Waals surface area contributed by atoms with Crippen molar-refractivity contribution in [2.75, 3.05) is 11.9 Å². The van der Waals surface area contributed by atoms with Gasteiger partial charge in [0.05, 0.1) is 19.4 Å². The number of aryl methyl sites for hydroxylation is 1. The van der Waals surface area contributed by atoms with Crippen LogP contribution < -0.4 is 16.0 Å². The summed E-state index contributed by atoms with van der Waals surface area (Å²) in [5.74, 6) is 0.804. The van der Waals surface area contributed by atoms with E-state index in [4.69, 9.17) is 4.42 Å². The summed E-state index contributed by atoms with van der Waals surface area (Å²) in [5.41, 5.74) is 1.77. The molecule has 0 atom stereocenters. The lowest BCUT2D eigenvalue weighted by atomic mass is 10.2. The van der Waals surface area contributed by atoms with Crippen molar-refractivity contribution in [1.29, 1.82) is 0 Å². The fourth-order valence-electron chi connectivity index (χ4n) is 2.56. The molecule has 2 aromatic heterocycles. The van der Waals surface area contributed by atoms with E-state index in [1.807, 2.05) is 31.2 Å². The monoisotopic (exact) mass is 524 g/mol. The van der Waals surface area contributed by atoms with Crippen molar-refractivity contribution in [3.63, 3.8) is 0 Å². The number of furan rings is 1. The number of thiophene rings is 1. The summed E-state index contributed by atoms with van der Waals surface area (Å²) in [4.78, 5) is 19.2. The smallest absolute Gasteiger partial charge is 0.291 e. The Morgan fingerprint density at radius 1 is 1.10 bits per heavy atom. The van der Waals surface area contributed by atoms with E-state index in [2.05, 4.69) is 40.0 Å². The van der Waals surface area contributed by atoms with Crippen molar-refractivity contribution in [3.05, 3.63) is 75.9 Å². The Balaban J connectivity index is 0.00000300. The van der Waals surface area contributed by atoms with E-state index in [-0.39, 0.29) is 35.6 Å². The molecule has 3 rings (SSSR count). The molecule has 0 aliphatic rings. The molecular formula is C21H25IN4O2S. The second kappa shape index (κ2) is 11.6. The van der Waals surface area contributed by atoms with Crippen molar-refractivity contribution < 1.29 is 9.21 Å². The number of rotatable bonds is 7. The van der Waals surface area contributed by atoms with Crippen molar-refractivity contribution in [2.24, 2.45) is 4.99 Å². The Kier molecular flexibility index (Phi) is 9.20. The van der Waals surface area contributed by atoms with E-state index in [1.54, 1.807) is 23.5 Å². The fourth-order valence-corrected chi connectivity index (χ4v) is 3.39. The molecule has 6 nitrogen and oxygen atoms in total. The predicted molar refractivity (Wildman–Crippen MR) is 129 cm³/mol. The summed E-state index contributed by atoms with van der Waals surface area (Å²) in [6.07, 6.45) is 1.48. The number of hydrogen-bond donors (Lipinski definition) is 3. The summed E-state index contributed by atoms with van der Waals surface area (Å²) >= 11 is 1.78. The van der Waals surface area contributed by atoms with Crippen LogP contribution >= 0.6 is 35.3 Å². The van der Waals surface area contributed by atoms with Gasteiger partial charge in [0.1, 0.15) is 0 Å². The van der Waals surface area contributed by atoms with Crippen LogP contribution in [0.4, 0.5) is 5.69 Å². The van der Waals surface area contributed by atoms with Gasteiger partial charge < -0.3 is 20.4 Å². The summed E-state index contributed by atoms with van der Waals surface area (Å²) < 4.78 is 5.09. The first-order chi connectivity index (χ1) is 13.6. The fraction of sp³-hybridized carbons (Fsp3) is 0.238. The van der Waals surface area contributed by atoms with Crippen molar-refractivity contribution in [3.8, 4) is 0 Å². The Morgan fingerprint density at radius 3 is 2.52 bits per heavy atom. The summed E-state index contributed by atoms with van der Waals surface area (Å²) in [7, 11) is 0. The zero-order chi connectivity index (χ0) is 19.8. The summed E-state index contributed by atoms with van der Waals surface area (Å²) in [6, 6.07) is 15.2. The average molecular weight is 524 g/mol. The topological polar surface area (TPSA) is 78.7 Å². The molecule has 0 saturated heterocycles. The van der Waals surface area contributed by atoms with Gasteiger partial charge in [-0.2, -0.15) is 0 Å². The molecule has 3 aromatic rings. The summed E-state index contributed by atoms with van der Waals surface area (Å²) in [5, 5.41) is 9.42. The minimum absolute atomic E-state index is 0. The van der Waals surface area contributed by atoms with Gasteiger partial charge in [-0.25, -0.2) is 4.99 Å². The lowest BCUT2D eigenvalue weighted by Gasteiger charge is -2.10. The molecule has 0 fully saturated rings. The number of amides is 1. The molecule has 8 heteroatoms. The summed E-state index contributed by atoms with van der Waals surface area (Å²) in [6.45, 7) is 6.25. The van der Waals surface area contributed by atoms with Gasteiger partial charge in [-0.15, -0.1) is 35.3 Å². The number of carbonyl (C=O) groups is 1. The first kappa shape index (κ1) is 23.0. The minimum Gasteiger partial charge on any atom is -0.459 e. The molecular weight excluding hydrogens is 499 g/mol. The quantitative estimate of drug-likeness (QED) is 0.236. The zero-order valence-electron chi connectivity index (χ0n) is 16.4. The maximum Gasteiger partial charge on any atom is 0.291 e. The van der Waals surface area contributed by atoms with Crippen LogP contribution in [0, 0.1) is 6.92 Å². The maximum absolute atomic E-state index is 12.0. The number of anilines is 1. The van der Waals surface area contributed by atoms with Crippen LogP contribution in [0.5, 0.6) is 0 Å². The molecule has 0 aliphatic carbocycles. The standard InChI is InChI=1S/C21H24N4O2S.HI/c1-3-22-21(24-14-18-11-6-15(2)28-18)23-13-16-7-9-17(10-8-16)25-20(26)19-5-4-12-27-19;/h4-12H,3,13-14H2,1-2H3,(H,25,26)(H2,22,23,24);1H. The third-order valence-corrected chi connectivity index (χ3v) is 4.95. The Bertz CT molecular complexity index is 921. The highest BCUT2D eigenvalue weighted by Crippen LogP contribution is 2.15. The number of guanidine groups is 1. The van der Waals surface area contributed by atoms with Gasteiger partial charge >= 0.3 is 0 Å². The van der Waals surface area contributed by atoms with Gasteiger partial charge in [0.25, 0.3) is 5.91 Å². The number of hydrogen-bond acceptors (Lipinski definition) is 4.